The van der Waals surface area contributed by atoms with Crippen molar-refractivity contribution < 1.29 is 31.9 Å². The third-order valence-electron chi connectivity index (χ3n) is 3.74. The lowest BCUT2D eigenvalue weighted by Gasteiger charge is -2.09. The molecule has 29 heavy (non-hydrogen) atoms. The molecule has 0 unspecified atom stereocenters. The van der Waals surface area contributed by atoms with Crippen LogP contribution in [0.5, 0.6) is 11.5 Å². The van der Waals surface area contributed by atoms with Crippen molar-refractivity contribution in [3.8, 4) is 11.5 Å². The second-order valence-corrected chi connectivity index (χ2v) is 6.40. The number of carbonyl (C=O) groups excluding carboxylic acids is 1. The molecule has 0 atom stereocenters. The third kappa shape index (κ3) is 5.92. The summed E-state index contributed by atoms with van der Waals surface area (Å²) in [6, 6.07) is 13.1. The number of ether oxygens (including phenoxy) is 2. The fourth-order valence-corrected chi connectivity index (χ4v) is 2.49. The number of amides is 1. The standard InChI is InChI=1S/C20H15ClF3NO4/c1-12-10-15(6-8-17(12)21)27-11-16-7-9-18(28-16)19(26)25-13-2-4-14(5-3-13)29-20(22,23)24/h2-10H,11H2,1H3,(H,25,26). The van der Waals surface area contributed by atoms with Crippen LogP contribution in [0.15, 0.2) is 59.0 Å². The first-order chi connectivity index (χ1) is 13.7. The second-order valence-electron chi connectivity index (χ2n) is 5.99. The van der Waals surface area contributed by atoms with Gasteiger partial charge in [-0.2, -0.15) is 0 Å². The molecule has 0 aliphatic rings. The quantitative estimate of drug-likeness (QED) is 0.528. The van der Waals surface area contributed by atoms with E-state index in [1.807, 2.05) is 6.92 Å². The number of rotatable bonds is 6. The topological polar surface area (TPSA) is 60.7 Å². The van der Waals surface area contributed by atoms with Crippen LogP contribution in [0, 0.1) is 6.92 Å². The van der Waals surface area contributed by atoms with Crippen molar-refractivity contribution in [3.63, 3.8) is 0 Å². The van der Waals surface area contributed by atoms with E-state index >= 15 is 0 Å². The summed E-state index contributed by atoms with van der Waals surface area (Å²) in [6.07, 6.45) is -4.78. The molecule has 9 heteroatoms. The molecule has 0 saturated heterocycles. The fraction of sp³-hybridized carbons (Fsp3) is 0.150. The maximum atomic E-state index is 12.2. The maximum absolute atomic E-state index is 12.2. The van der Waals surface area contributed by atoms with Gasteiger partial charge in [0.05, 0.1) is 0 Å². The van der Waals surface area contributed by atoms with Gasteiger partial charge in [-0.25, -0.2) is 0 Å². The Balaban J connectivity index is 1.56. The van der Waals surface area contributed by atoms with Crippen LogP contribution in [0.4, 0.5) is 18.9 Å². The average Bonchev–Trinajstić information content (AvgIpc) is 3.12. The summed E-state index contributed by atoms with van der Waals surface area (Å²) in [5.74, 6) is 0.132. The molecule has 0 bridgehead atoms. The Hall–Kier alpha value is -3.13. The van der Waals surface area contributed by atoms with E-state index in [1.165, 1.54) is 18.2 Å². The number of carbonyl (C=O) groups is 1. The number of halogens is 4. The van der Waals surface area contributed by atoms with Gasteiger partial charge in [-0.1, -0.05) is 11.6 Å². The van der Waals surface area contributed by atoms with E-state index in [1.54, 1.807) is 24.3 Å². The zero-order valence-corrected chi connectivity index (χ0v) is 15.8. The molecule has 5 nitrogen and oxygen atoms in total. The van der Waals surface area contributed by atoms with Crippen LogP contribution in [-0.4, -0.2) is 12.3 Å². The second kappa shape index (κ2) is 8.48. The van der Waals surface area contributed by atoms with Gasteiger partial charge in [-0.15, -0.1) is 13.2 Å². The Morgan fingerprint density at radius 3 is 2.41 bits per heavy atom. The largest absolute Gasteiger partial charge is 0.573 e. The molecule has 3 aromatic rings. The highest BCUT2D eigenvalue weighted by molar-refractivity contribution is 6.31. The smallest absolute Gasteiger partial charge is 0.486 e. The van der Waals surface area contributed by atoms with Crippen LogP contribution in [-0.2, 0) is 6.61 Å². The third-order valence-corrected chi connectivity index (χ3v) is 4.17. The number of hydrogen-bond donors (Lipinski definition) is 1. The fourth-order valence-electron chi connectivity index (χ4n) is 2.37. The molecule has 0 fully saturated rings. The molecule has 1 N–H and O–H groups in total. The highest BCUT2D eigenvalue weighted by atomic mass is 35.5. The minimum absolute atomic E-state index is 0.0338. The highest BCUT2D eigenvalue weighted by Gasteiger charge is 2.31. The van der Waals surface area contributed by atoms with Crippen LogP contribution in [0.2, 0.25) is 5.02 Å². The molecule has 3 rings (SSSR count). The molecule has 0 aliphatic carbocycles. The van der Waals surface area contributed by atoms with Gasteiger partial charge in [0, 0.05) is 10.7 Å². The molecule has 0 saturated carbocycles. The lowest BCUT2D eigenvalue weighted by atomic mass is 10.2. The van der Waals surface area contributed by atoms with E-state index in [4.69, 9.17) is 20.8 Å². The average molecular weight is 426 g/mol. The molecule has 1 aromatic heterocycles. The van der Waals surface area contributed by atoms with Crippen molar-refractivity contribution in [2.75, 3.05) is 5.32 Å². The van der Waals surface area contributed by atoms with Crippen molar-refractivity contribution in [2.24, 2.45) is 0 Å². The summed E-state index contributed by atoms with van der Waals surface area (Å²) in [5.41, 5.74) is 1.16. The van der Waals surface area contributed by atoms with Gasteiger partial charge >= 0.3 is 6.36 Å². The Morgan fingerprint density at radius 1 is 1.07 bits per heavy atom. The lowest BCUT2D eigenvalue weighted by Crippen LogP contribution is -2.17. The number of furan rings is 1. The van der Waals surface area contributed by atoms with Gasteiger partial charge in [0.15, 0.2) is 5.76 Å². The summed E-state index contributed by atoms with van der Waals surface area (Å²) >= 11 is 5.96. The first-order valence-corrected chi connectivity index (χ1v) is 8.72. The zero-order chi connectivity index (χ0) is 21.0. The first-order valence-electron chi connectivity index (χ1n) is 8.34. The molecular formula is C20H15ClF3NO4. The van der Waals surface area contributed by atoms with Crippen molar-refractivity contribution in [1.82, 2.24) is 0 Å². The van der Waals surface area contributed by atoms with Crippen LogP contribution in [0.3, 0.4) is 0 Å². The van der Waals surface area contributed by atoms with Gasteiger partial charge in [-0.3, -0.25) is 4.79 Å². The van der Waals surface area contributed by atoms with Crippen LogP contribution in [0.1, 0.15) is 21.9 Å². The summed E-state index contributed by atoms with van der Waals surface area (Å²) in [7, 11) is 0. The molecule has 0 aliphatic heterocycles. The van der Waals surface area contributed by atoms with E-state index in [2.05, 4.69) is 10.1 Å². The molecule has 0 radical (unpaired) electrons. The number of aryl methyl sites for hydroxylation is 1. The highest BCUT2D eigenvalue weighted by Crippen LogP contribution is 2.25. The number of anilines is 1. The minimum Gasteiger partial charge on any atom is -0.486 e. The summed E-state index contributed by atoms with van der Waals surface area (Å²) < 4.78 is 51.3. The Labute approximate surface area is 169 Å². The van der Waals surface area contributed by atoms with Crippen molar-refractivity contribution in [1.29, 1.82) is 0 Å². The van der Waals surface area contributed by atoms with E-state index in [-0.39, 0.29) is 23.8 Å². The number of nitrogens with one attached hydrogen (secondary N) is 1. The number of hydrogen-bond acceptors (Lipinski definition) is 4. The molecule has 1 heterocycles. The van der Waals surface area contributed by atoms with E-state index in [9.17, 15) is 18.0 Å². The van der Waals surface area contributed by atoms with Crippen molar-refractivity contribution >= 4 is 23.2 Å². The molecular weight excluding hydrogens is 411 g/mol. The summed E-state index contributed by atoms with van der Waals surface area (Å²) in [5, 5.41) is 3.16. The van der Waals surface area contributed by atoms with Gasteiger partial charge in [0.1, 0.15) is 23.9 Å². The molecule has 0 spiro atoms. The molecule has 1 amide bonds. The minimum atomic E-state index is -4.78. The predicted molar refractivity (Wildman–Crippen MR) is 100 cm³/mol. The van der Waals surface area contributed by atoms with Gasteiger partial charge in [-0.05, 0) is 67.1 Å². The monoisotopic (exact) mass is 425 g/mol. The Bertz CT molecular complexity index is 1000. The zero-order valence-electron chi connectivity index (χ0n) is 15.0. The van der Waals surface area contributed by atoms with Crippen LogP contribution >= 0.6 is 11.6 Å². The first kappa shape index (κ1) is 20.6. The number of benzene rings is 2. The summed E-state index contributed by atoms with van der Waals surface area (Å²) in [6.45, 7) is 1.96. The van der Waals surface area contributed by atoms with E-state index < -0.39 is 12.3 Å². The van der Waals surface area contributed by atoms with Crippen LogP contribution < -0.4 is 14.8 Å². The van der Waals surface area contributed by atoms with E-state index in [0.29, 0.717) is 16.5 Å². The lowest BCUT2D eigenvalue weighted by molar-refractivity contribution is -0.274. The number of alkyl halides is 3. The van der Waals surface area contributed by atoms with Gasteiger partial charge in [0.2, 0.25) is 0 Å². The SMILES string of the molecule is Cc1cc(OCc2ccc(C(=O)Nc3ccc(OC(F)(F)F)cc3)o2)ccc1Cl. The molecule has 152 valence electrons. The predicted octanol–water partition coefficient (Wildman–Crippen LogP) is 5.97. The Morgan fingerprint density at radius 2 is 1.76 bits per heavy atom. The maximum Gasteiger partial charge on any atom is 0.573 e. The van der Waals surface area contributed by atoms with Crippen LogP contribution in [0.25, 0.3) is 0 Å². The van der Waals surface area contributed by atoms with Gasteiger partial charge < -0.3 is 19.2 Å². The summed E-state index contributed by atoms with van der Waals surface area (Å²) in [4.78, 5) is 12.2. The van der Waals surface area contributed by atoms with E-state index in [0.717, 1.165) is 17.7 Å². The van der Waals surface area contributed by atoms with Crippen molar-refractivity contribution in [2.45, 2.75) is 19.9 Å². The normalized spacial score (nSPS) is 11.2. The van der Waals surface area contributed by atoms with Gasteiger partial charge in [0.25, 0.3) is 5.91 Å². The van der Waals surface area contributed by atoms with Crippen molar-refractivity contribution in [3.05, 3.63) is 76.7 Å². The molecule has 2 aromatic carbocycles. The Kier molecular flexibility index (Phi) is 6.03.